The molecule has 1 aliphatic heterocycles. The van der Waals surface area contributed by atoms with Crippen molar-refractivity contribution in [3.63, 3.8) is 0 Å². The summed E-state index contributed by atoms with van der Waals surface area (Å²) in [6, 6.07) is 7.62. The summed E-state index contributed by atoms with van der Waals surface area (Å²) in [5.41, 5.74) is 1.50. The topological polar surface area (TPSA) is 62.1 Å². The number of nitrogens with one attached hydrogen (secondary N) is 1. The number of aromatic amines is 1. The smallest absolute Gasteiger partial charge is 0.284 e. The highest BCUT2D eigenvalue weighted by molar-refractivity contribution is 7.71. The number of nitrogens with zero attached hydrogens (tertiary/aromatic N) is 2. The predicted octanol–water partition coefficient (Wildman–Crippen LogP) is 4.05. The molecule has 1 amide bonds. The van der Waals surface area contributed by atoms with Crippen molar-refractivity contribution in [3.8, 4) is 11.5 Å². The van der Waals surface area contributed by atoms with Gasteiger partial charge in [0.2, 0.25) is 5.89 Å². The predicted molar refractivity (Wildman–Crippen MR) is 90.6 cm³/mol. The molecule has 2 aromatic rings. The molecule has 1 N–H and O–H groups in total. The molecule has 0 unspecified atom stereocenters. The van der Waals surface area contributed by atoms with Gasteiger partial charge < -0.3 is 9.32 Å². The summed E-state index contributed by atoms with van der Waals surface area (Å²) < 4.78 is 5.29. The van der Waals surface area contributed by atoms with E-state index in [9.17, 15) is 4.79 Å². The van der Waals surface area contributed by atoms with E-state index >= 15 is 0 Å². The molecule has 1 fully saturated rings. The summed E-state index contributed by atoms with van der Waals surface area (Å²) in [5.74, 6) is 1.09. The molecular weight excluding hydrogens is 310 g/mol. The summed E-state index contributed by atoms with van der Waals surface area (Å²) in [5, 5.41) is 6.59. The number of amides is 1. The van der Waals surface area contributed by atoms with Gasteiger partial charge in [-0.3, -0.25) is 4.79 Å². The lowest BCUT2D eigenvalue weighted by atomic mass is 10.1. The summed E-state index contributed by atoms with van der Waals surface area (Å²) >= 11 is 4.88. The first-order chi connectivity index (χ1) is 11.0. The molecule has 2 atom stereocenters. The van der Waals surface area contributed by atoms with Crippen molar-refractivity contribution in [2.45, 2.75) is 39.2 Å². The molecule has 23 heavy (non-hydrogen) atoms. The average Bonchev–Trinajstić information content (AvgIpc) is 2.90. The van der Waals surface area contributed by atoms with E-state index in [-0.39, 0.29) is 16.8 Å². The van der Waals surface area contributed by atoms with Crippen LogP contribution in [0.5, 0.6) is 0 Å². The van der Waals surface area contributed by atoms with Gasteiger partial charge >= 0.3 is 0 Å². The highest BCUT2D eigenvalue weighted by Crippen LogP contribution is 2.24. The maximum Gasteiger partial charge on any atom is 0.284 e. The van der Waals surface area contributed by atoms with E-state index in [0.717, 1.165) is 18.5 Å². The Morgan fingerprint density at radius 2 is 2.04 bits per heavy atom. The van der Waals surface area contributed by atoms with Crippen LogP contribution in [-0.4, -0.2) is 33.6 Å². The Hall–Kier alpha value is -1.95. The number of aromatic nitrogens is 2. The van der Waals surface area contributed by atoms with Crippen LogP contribution in [0.4, 0.5) is 0 Å². The lowest BCUT2D eigenvalue weighted by molar-refractivity contribution is 0.0677. The Bertz CT molecular complexity index is 735. The van der Waals surface area contributed by atoms with Crippen LogP contribution in [-0.2, 0) is 0 Å². The molecule has 0 bridgehead atoms. The maximum atomic E-state index is 12.8. The van der Waals surface area contributed by atoms with E-state index in [2.05, 4.69) is 24.0 Å². The Kier molecular flexibility index (Phi) is 4.61. The highest BCUT2D eigenvalue weighted by Gasteiger charge is 2.25. The zero-order valence-corrected chi connectivity index (χ0v) is 14.2. The minimum Gasteiger partial charge on any atom is -0.409 e. The van der Waals surface area contributed by atoms with E-state index < -0.39 is 0 Å². The van der Waals surface area contributed by atoms with Gasteiger partial charge in [0.25, 0.3) is 10.7 Å². The van der Waals surface area contributed by atoms with Gasteiger partial charge in [-0.05, 0) is 62.2 Å². The third-order valence-corrected chi connectivity index (χ3v) is 4.61. The number of likely N-dealkylation sites (tertiary alicyclic amines) is 1. The van der Waals surface area contributed by atoms with E-state index in [0.29, 0.717) is 17.4 Å². The van der Waals surface area contributed by atoms with Gasteiger partial charge in [0, 0.05) is 23.7 Å². The molecular formula is C17H21N3O2S. The standard InChI is InChI=1S/C17H21N3O2S/c1-11-4-3-5-12(2)20(10-11)16(21)14-8-6-13(7-9-14)15-18-19-17(23)22-15/h6-9,11-12H,3-5,10H2,1-2H3,(H,19,23)/t11-,12-/m1/s1. The van der Waals surface area contributed by atoms with Gasteiger partial charge in [0.05, 0.1) is 0 Å². The largest absolute Gasteiger partial charge is 0.409 e. The van der Waals surface area contributed by atoms with Crippen LogP contribution in [0.15, 0.2) is 28.7 Å². The molecule has 2 heterocycles. The summed E-state index contributed by atoms with van der Waals surface area (Å²) in [6.07, 6.45) is 3.45. The summed E-state index contributed by atoms with van der Waals surface area (Å²) in [6.45, 7) is 5.18. The van der Waals surface area contributed by atoms with Crippen molar-refractivity contribution >= 4 is 18.1 Å². The molecule has 0 aliphatic carbocycles. The van der Waals surface area contributed by atoms with Crippen molar-refractivity contribution in [1.82, 2.24) is 15.1 Å². The van der Waals surface area contributed by atoms with Gasteiger partial charge in [-0.1, -0.05) is 13.3 Å². The zero-order chi connectivity index (χ0) is 16.4. The SMILES string of the molecule is C[C@@H]1CCC[C@@H](C)N(C(=O)c2ccc(-c3n[nH]c(=S)o3)cc2)C1. The van der Waals surface area contributed by atoms with Crippen molar-refractivity contribution in [3.05, 3.63) is 34.7 Å². The van der Waals surface area contributed by atoms with E-state index in [1.54, 1.807) is 0 Å². The van der Waals surface area contributed by atoms with Gasteiger partial charge in [-0.25, -0.2) is 5.10 Å². The number of carbonyl (C=O) groups is 1. The fourth-order valence-corrected chi connectivity index (χ4v) is 3.21. The van der Waals surface area contributed by atoms with Gasteiger partial charge in [-0.15, -0.1) is 5.10 Å². The molecule has 3 rings (SSSR count). The second-order valence-corrected chi connectivity index (χ2v) is 6.71. The highest BCUT2D eigenvalue weighted by atomic mass is 32.1. The number of hydrogen-bond acceptors (Lipinski definition) is 4. The van der Waals surface area contributed by atoms with Gasteiger partial charge in [0.1, 0.15) is 0 Å². The first-order valence-electron chi connectivity index (χ1n) is 8.01. The van der Waals surface area contributed by atoms with Crippen molar-refractivity contribution in [1.29, 1.82) is 0 Å². The summed E-state index contributed by atoms with van der Waals surface area (Å²) in [7, 11) is 0. The minimum atomic E-state index is 0.0979. The fourth-order valence-electron chi connectivity index (χ4n) is 3.08. The minimum absolute atomic E-state index is 0.0979. The van der Waals surface area contributed by atoms with E-state index in [1.165, 1.54) is 12.8 Å². The molecule has 5 nitrogen and oxygen atoms in total. The van der Waals surface area contributed by atoms with Crippen LogP contribution in [0, 0.1) is 10.8 Å². The molecule has 6 heteroatoms. The Morgan fingerprint density at radius 1 is 1.30 bits per heavy atom. The molecule has 0 spiro atoms. The molecule has 1 aromatic heterocycles. The molecule has 1 saturated heterocycles. The number of H-pyrrole nitrogens is 1. The van der Waals surface area contributed by atoms with Crippen LogP contribution >= 0.6 is 12.2 Å². The second-order valence-electron chi connectivity index (χ2n) is 6.34. The van der Waals surface area contributed by atoms with E-state index in [4.69, 9.17) is 16.6 Å². The second kappa shape index (κ2) is 6.66. The monoisotopic (exact) mass is 331 g/mol. The molecule has 1 aliphatic rings. The lowest BCUT2D eigenvalue weighted by Gasteiger charge is -2.28. The van der Waals surface area contributed by atoms with Crippen LogP contribution in [0.3, 0.4) is 0 Å². The Balaban J connectivity index is 1.80. The Morgan fingerprint density at radius 3 is 2.70 bits per heavy atom. The zero-order valence-electron chi connectivity index (χ0n) is 13.4. The number of benzene rings is 1. The first-order valence-corrected chi connectivity index (χ1v) is 8.42. The van der Waals surface area contributed by atoms with Crippen LogP contribution in [0.2, 0.25) is 0 Å². The van der Waals surface area contributed by atoms with E-state index in [1.807, 2.05) is 29.2 Å². The third-order valence-electron chi connectivity index (χ3n) is 4.44. The quantitative estimate of drug-likeness (QED) is 0.843. The first kappa shape index (κ1) is 15.9. The lowest BCUT2D eigenvalue weighted by Crippen LogP contribution is -2.39. The maximum absolute atomic E-state index is 12.8. The van der Waals surface area contributed by atoms with Crippen molar-refractivity contribution in [2.24, 2.45) is 5.92 Å². The van der Waals surface area contributed by atoms with Crippen LogP contribution in [0.25, 0.3) is 11.5 Å². The normalized spacial score (nSPS) is 21.9. The van der Waals surface area contributed by atoms with Gasteiger partial charge in [0.15, 0.2) is 0 Å². The van der Waals surface area contributed by atoms with Crippen LogP contribution < -0.4 is 0 Å². The Labute approximate surface area is 140 Å². The molecule has 0 saturated carbocycles. The number of carbonyl (C=O) groups excluding carboxylic acids is 1. The van der Waals surface area contributed by atoms with Crippen molar-refractivity contribution < 1.29 is 9.21 Å². The molecule has 122 valence electrons. The van der Waals surface area contributed by atoms with Crippen LogP contribution in [0.1, 0.15) is 43.5 Å². The van der Waals surface area contributed by atoms with Gasteiger partial charge in [-0.2, -0.15) is 0 Å². The third kappa shape index (κ3) is 3.52. The number of hydrogen-bond donors (Lipinski definition) is 1. The summed E-state index contributed by atoms with van der Waals surface area (Å²) in [4.78, 5) is 15.1. The number of rotatable bonds is 2. The average molecular weight is 331 g/mol. The molecule has 0 radical (unpaired) electrons. The fraction of sp³-hybridized carbons (Fsp3) is 0.471. The van der Waals surface area contributed by atoms with Crippen molar-refractivity contribution in [2.75, 3.05) is 6.54 Å². The molecule has 1 aromatic carbocycles.